The van der Waals surface area contributed by atoms with Crippen molar-refractivity contribution >= 4 is 16.0 Å². The number of aliphatic imine (C=N–C) groups is 1. The Hall–Kier alpha value is -0.900. The highest BCUT2D eigenvalue weighted by atomic mass is 32.2. The molecule has 0 unspecified atom stereocenters. The zero-order valence-electron chi connectivity index (χ0n) is 16.9. The monoisotopic (exact) mass is 392 g/mol. The van der Waals surface area contributed by atoms with Gasteiger partial charge in [0.1, 0.15) is 0 Å². The van der Waals surface area contributed by atoms with Crippen LogP contribution in [0.4, 0.5) is 0 Å². The molecule has 1 rings (SSSR count). The van der Waals surface area contributed by atoms with Crippen molar-refractivity contribution in [3.8, 4) is 0 Å². The summed E-state index contributed by atoms with van der Waals surface area (Å²) in [7, 11) is -1.56. The fourth-order valence-corrected chi connectivity index (χ4v) is 3.99. The second-order valence-electron chi connectivity index (χ2n) is 7.33. The molecule has 154 valence electrons. The Labute approximate surface area is 158 Å². The lowest BCUT2D eigenvalue weighted by molar-refractivity contribution is 0.00989. The fraction of sp³-hybridized carbons (Fsp3) is 0.941. The van der Waals surface area contributed by atoms with Crippen LogP contribution in [-0.4, -0.2) is 83.7 Å². The number of rotatable bonds is 10. The first kappa shape index (κ1) is 23.1. The van der Waals surface area contributed by atoms with Gasteiger partial charge in [0.2, 0.25) is 10.0 Å². The van der Waals surface area contributed by atoms with Crippen molar-refractivity contribution in [3.05, 3.63) is 0 Å². The summed E-state index contributed by atoms with van der Waals surface area (Å²) in [5.74, 6) is 0.828. The van der Waals surface area contributed by atoms with Gasteiger partial charge in [-0.1, -0.05) is 0 Å². The number of guanidine groups is 1. The van der Waals surface area contributed by atoms with Crippen LogP contribution in [0.15, 0.2) is 4.99 Å². The highest BCUT2D eigenvalue weighted by Gasteiger charge is 2.25. The van der Waals surface area contributed by atoms with Gasteiger partial charge in [-0.25, -0.2) is 13.1 Å². The molecule has 0 aromatic heterocycles. The highest BCUT2D eigenvalue weighted by molar-refractivity contribution is 7.88. The molecule has 0 saturated carbocycles. The Balaban J connectivity index is 2.54. The van der Waals surface area contributed by atoms with Crippen LogP contribution in [0.1, 0.15) is 40.0 Å². The summed E-state index contributed by atoms with van der Waals surface area (Å²) in [6, 6.07) is 0. The van der Waals surface area contributed by atoms with E-state index in [2.05, 4.69) is 19.9 Å². The molecule has 2 N–H and O–H groups in total. The second kappa shape index (κ2) is 11.1. The number of nitrogens with zero attached hydrogens (tertiary/aromatic N) is 2. The van der Waals surface area contributed by atoms with E-state index in [-0.39, 0.29) is 6.10 Å². The molecule has 0 aromatic carbocycles. The highest BCUT2D eigenvalue weighted by Crippen LogP contribution is 2.15. The number of sulfonamides is 1. The minimum absolute atomic E-state index is 0.286. The predicted molar refractivity (Wildman–Crippen MR) is 105 cm³/mol. The van der Waals surface area contributed by atoms with E-state index in [4.69, 9.17) is 9.47 Å². The van der Waals surface area contributed by atoms with Gasteiger partial charge in [-0.3, -0.25) is 4.99 Å². The molecule has 1 aliphatic heterocycles. The van der Waals surface area contributed by atoms with Crippen LogP contribution in [-0.2, 0) is 19.5 Å². The van der Waals surface area contributed by atoms with Gasteiger partial charge in [0.05, 0.1) is 18.9 Å². The maximum atomic E-state index is 11.5. The summed E-state index contributed by atoms with van der Waals surface area (Å²) in [5.41, 5.74) is -0.628. The van der Waals surface area contributed by atoms with Crippen molar-refractivity contribution in [1.82, 2.24) is 14.9 Å². The summed E-state index contributed by atoms with van der Waals surface area (Å²) in [6.07, 6.45) is 4.30. The summed E-state index contributed by atoms with van der Waals surface area (Å²) >= 11 is 0. The zero-order chi connectivity index (χ0) is 19.6. The third-order valence-corrected chi connectivity index (χ3v) is 4.93. The lowest BCUT2D eigenvalue weighted by atomic mass is 10.1. The first-order chi connectivity index (χ1) is 12.2. The van der Waals surface area contributed by atoms with E-state index >= 15 is 0 Å². The molecule has 1 fully saturated rings. The van der Waals surface area contributed by atoms with Crippen LogP contribution in [0, 0.1) is 0 Å². The van der Waals surface area contributed by atoms with Crippen LogP contribution in [0.2, 0.25) is 0 Å². The summed E-state index contributed by atoms with van der Waals surface area (Å²) < 4.78 is 36.5. The predicted octanol–water partition coefficient (Wildman–Crippen LogP) is 0.797. The molecule has 0 bridgehead atoms. The number of ether oxygens (including phenoxy) is 2. The van der Waals surface area contributed by atoms with Crippen molar-refractivity contribution in [1.29, 1.82) is 0 Å². The van der Waals surface area contributed by atoms with Gasteiger partial charge in [-0.15, -0.1) is 0 Å². The first-order valence-electron chi connectivity index (χ1n) is 9.29. The smallest absolute Gasteiger partial charge is 0.209 e. The number of hydrogen-bond donors (Lipinski definition) is 2. The van der Waals surface area contributed by atoms with Crippen LogP contribution in [0.5, 0.6) is 0 Å². The second-order valence-corrected chi connectivity index (χ2v) is 9.08. The number of methoxy groups -OCH3 is 1. The van der Waals surface area contributed by atoms with E-state index in [1.54, 1.807) is 7.11 Å². The van der Waals surface area contributed by atoms with Gasteiger partial charge >= 0.3 is 0 Å². The fourth-order valence-electron chi connectivity index (χ4n) is 2.92. The summed E-state index contributed by atoms with van der Waals surface area (Å²) in [6.45, 7) is 10.1. The average Bonchev–Trinajstić information content (AvgIpc) is 2.54. The quantitative estimate of drug-likeness (QED) is 0.325. The van der Waals surface area contributed by atoms with Gasteiger partial charge in [0, 0.05) is 45.5 Å². The molecule has 0 radical (unpaired) electrons. The molecular weight excluding hydrogens is 356 g/mol. The molecule has 0 aromatic rings. The van der Waals surface area contributed by atoms with Crippen LogP contribution in [0.3, 0.4) is 0 Å². The van der Waals surface area contributed by atoms with Gasteiger partial charge in [-0.2, -0.15) is 0 Å². The van der Waals surface area contributed by atoms with Crippen molar-refractivity contribution < 1.29 is 17.9 Å². The van der Waals surface area contributed by atoms with E-state index in [9.17, 15) is 8.42 Å². The standard InChI is InChI=1S/C17H36N4O4S/c1-6-18-16(19-14-17(2,3)20-26(5,22)23)21-10-8-15(9-11-21)25-13-7-12-24-4/h15,20H,6-14H2,1-5H3,(H,18,19). The van der Waals surface area contributed by atoms with Crippen molar-refractivity contribution in [2.45, 2.75) is 51.7 Å². The summed E-state index contributed by atoms with van der Waals surface area (Å²) in [4.78, 5) is 6.87. The van der Waals surface area contributed by atoms with E-state index in [1.165, 1.54) is 6.26 Å². The minimum atomic E-state index is -3.27. The van der Waals surface area contributed by atoms with Gasteiger partial charge in [0.25, 0.3) is 0 Å². The van der Waals surface area contributed by atoms with Gasteiger partial charge in [-0.05, 0) is 40.0 Å². The topological polar surface area (TPSA) is 92.3 Å². The molecule has 9 heteroatoms. The first-order valence-corrected chi connectivity index (χ1v) is 11.2. The molecule has 1 aliphatic rings. The molecule has 1 heterocycles. The third-order valence-electron chi connectivity index (χ3n) is 4.01. The molecule has 0 spiro atoms. The molecular formula is C17H36N4O4S. The van der Waals surface area contributed by atoms with Crippen LogP contribution < -0.4 is 10.0 Å². The largest absolute Gasteiger partial charge is 0.385 e. The number of nitrogens with one attached hydrogen (secondary N) is 2. The minimum Gasteiger partial charge on any atom is -0.385 e. The van der Waals surface area contributed by atoms with Crippen molar-refractivity contribution in [3.63, 3.8) is 0 Å². The molecule has 0 aliphatic carbocycles. The maximum Gasteiger partial charge on any atom is 0.209 e. The molecule has 1 saturated heterocycles. The molecule has 26 heavy (non-hydrogen) atoms. The lowest BCUT2D eigenvalue weighted by Crippen LogP contribution is -2.49. The van der Waals surface area contributed by atoms with E-state index in [1.807, 2.05) is 20.8 Å². The Kier molecular flexibility index (Phi) is 9.84. The van der Waals surface area contributed by atoms with E-state index in [0.717, 1.165) is 58.1 Å². The Morgan fingerprint density at radius 3 is 2.46 bits per heavy atom. The van der Waals surface area contributed by atoms with Gasteiger partial charge < -0.3 is 19.7 Å². The third kappa shape index (κ3) is 9.70. The zero-order valence-corrected chi connectivity index (χ0v) is 17.7. The van der Waals surface area contributed by atoms with Crippen LogP contribution in [0.25, 0.3) is 0 Å². The normalized spacial score (nSPS) is 17.6. The van der Waals surface area contributed by atoms with Crippen molar-refractivity contribution in [2.24, 2.45) is 4.99 Å². The molecule has 8 nitrogen and oxygen atoms in total. The number of piperidine rings is 1. The molecule has 0 atom stereocenters. The van der Waals surface area contributed by atoms with Crippen molar-refractivity contribution in [2.75, 3.05) is 52.8 Å². The van der Waals surface area contributed by atoms with E-state index < -0.39 is 15.6 Å². The maximum absolute atomic E-state index is 11.5. The number of hydrogen-bond acceptors (Lipinski definition) is 5. The number of likely N-dealkylation sites (tertiary alicyclic amines) is 1. The Bertz CT molecular complexity index is 529. The Morgan fingerprint density at radius 2 is 1.92 bits per heavy atom. The van der Waals surface area contributed by atoms with E-state index in [0.29, 0.717) is 6.54 Å². The van der Waals surface area contributed by atoms with Gasteiger partial charge in [0.15, 0.2) is 5.96 Å². The van der Waals surface area contributed by atoms with Crippen LogP contribution >= 0.6 is 0 Å². The SMILES string of the molecule is CCNC(=NCC(C)(C)NS(C)(=O)=O)N1CCC(OCCCOC)CC1. The molecule has 0 amide bonds. The lowest BCUT2D eigenvalue weighted by Gasteiger charge is -2.34. The summed E-state index contributed by atoms with van der Waals surface area (Å²) in [5, 5.41) is 3.30. The average molecular weight is 393 g/mol. The Morgan fingerprint density at radius 1 is 1.27 bits per heavy atom.